The van der Waals surface area contributed by atoms with E-state index in [9.17, 15) is 10.2 Å². The molecule has 2 aromatic carbocycles. The second kappa shape index (κ2) is 16.1. The molecular formula is C36H48N4O4. The first-order chi connectivity index (χ1) is 21.4. The van der Waals surface area contributed by atoms with Gasteiger partial charge in [0.05, 0.1) is 30.0 Å². The molecule has 2 atom stereocenters. The van der Waals surface area contributed by atoms with E-state index in [4.69, 9.17) is 24.4 Å². The van der Waals surface area contributed by atoms with Gasteiger partial charge < -0.3 is 24.3 Å². The van der Waals surface area contributed by atoms with E-state index in [-0.39, 0.29) is 23.1 Å². The minimum Gasteiger partial charge on any atom is -0.504 e. The van der Waals surface area contributed by atoms with Crippen LogP contribution in [0.15, 0.2) is 54.7 Å². The molecule has 0 aliphatic rings. The summed E-state index contributed by atoms with van der Waals surface area (Å²) in [5.41, 5.74) is 1.63. The molecule has 4 rings (SSSR count). The molecule has 0 aliphatic carbocycles. The Labute approximate surface area is 262 Å². The number of para-hydroxylation sites is 2. The third-order valence-electron chi connectivity index (χ3n) is 8.32. The predicted molar refractivity (Wildman–Crippen MR) is 176 cm³/mol. The van der Waals surface area contributed by atoms with Gasteiger partial charge in [0.1, 0.15) is 0 Å². The number of nitrogens with zero attached hydrogens (tertiary/aromatic N) is 4. The van der Waals surface area contributed by atoms with Crippen molar-refractivity contribution in [3.05, 3.63) is 54.7 Å². The summed E-state index contributed by atoms with van der Waals surface area (Å²) < 4.78 is 14.2. The highest BCUT2D eigenvalue weighted by Gasteiger charge is 2.21. The highest BCUT2D eigenvalue weighted by Crippen LogP contribution is 2.40. The van der Waals surface area contributed by atoms with Crippen LogP contribution in [0.25, 0.3) is 34.3 Å². The van der Waals surface area contributed by atoms with E-state index in [1.807, 2.05) is 42.1 Å². The smallest absolute Gasteiger partial charge is 0.180 e. The van der Waals surface area contributed by atoms with Crippen LogP contribution in [0.3, 0.4) is 0 Å². The Bertz CT molecular complexity index is 1400. The molecule has 2 N–H and O–H groups in total. The van der Waals surface area contributed by atoms with Gasteiger partial charge in [-0.3, -0.25) is 0 Å². The number of benzene rings is 2. The van der Waals surface area contributed by atoms with Gasteiger partial charge in [-0.1, -0.05) is 78.4 Å². The molecule has 2 aromatic heterocycles. The molecule has 0 aliphatic heterocycles. The standard InChI is InChI=1S/C36H48N4O4/c1-6-10-15-25(8-3)23-43-30-20-12-17-27(32(30)41)34-37-35(39-36(38-34)29-19-14-22-40(29)5)28-18-13-21-31(33(28)42)44-24-26(9-4)16-11-7-2/h12-14,17-22,25-26,41-42H,6-11,15-16,23-24H2,1-5H3. The highest BCUT2D eigenvalue weighted by molar-refractivity contribution is 5.74. The number of hydrogen-bond acceptors (Lipinski definition) is 7. The molecule has 236 valence electrons. The van der Waals surface area contributed by atoms with Crippen LogP contribution >= 0.6 is 0 Å². The first kappa shape index (κ1) is 32.8. The number of ether oxygens (including phenoxy) is 2. The van der Waals surface area contributed by atoms with Crippen molar-refractivity contribution in [2.75, 3.05) is 13.2 Å². The number of aryl methyl sites for hydroxylation is 1. The molecule has 4 aromatic rings. The highest BCUT2D eigenvalue weighted by atomic mass is 16.5. The third kappa shape index (κ3) is 8.10. The minimum atomic E-state index is -0.0215. The molecule has 0 saturated heterocycles. The molecule has 44 heavy (non-hydrogen) atoms. The maximum atomic E-state index is 11.3. The number of phenols is 2. The van der Waals surface area contributed by atoms with E-state index < -0.39 is 0 Å². The fourth-order valence-corrected chi connectivity index (χ4v) is 5.27. The number of hydrogen-bond donors (Lipinski definition) is 2. The fraction of sp³-hybridized carbons (Fsp3) is 0.472. The van der Waals surface area contributed by atoms with Crippen molar-refractivity contribution in [3.8, 4) is 57.3 Å². The van der Waals surface area contributed by atoms with Crippen LogP contribution in [-0.2, 0) is 7.05 Å². The molecule has 0 fully saturated rings. The van der Waals surface area contributed by atoms with Gasteiger partial charge >= 0.3 is 0 Å². The van der Waals surface area contributed by atoms with E-state index in [0.717, 1.165) is 57.1 Å². The van der Waals surface area contributed by atoms with Crippen molar-refractivity contribution in [2.45, 2.75) is 79.1 Å². The lowest BCUT2D eigenvalue weighted by molar-refractivity contribution is 0.226. The van der Waals surface area contributed by atoms with Crippen molar-refractivity contribution >= 4 is 0 Å². The topological polar surface area (TPSA) is 103 Å². The number of unbranched alkanes of at least 4 members (excludes halogenated alkanes) is 2. The SMILES string of the molecule is CCCCC(CC)COc1cccc(-c2nc(-c3cccc(OCC(CC)CCCC)c3O)nc(-c3cccn3C)n2)c1O. The molecule has 0 bridgehead atoms. The normalized spacial score (nSPS) is 12.7. The second-order valence-electron chi connectivity index (χ2n) is 11.6. The maximum Gasteiger partial charge on any atom is 0.180 e. The van der Waals surface area contributed by atoms with Crippen LogP contribution < -0.4 is 9.47 Å². The molecular weight excluding hydrogens is 552 g/mol. The van der Waals surface area contributed by atoms with Gasteiger partial charge in [0.15, 0.2) is 40.5 Å². The molecule has 8 heteroatoms. The van der Waals surface area contributed by atoms with Gasteiger partial charge in [-0.05, 0) is 61.1 Å². The van der Waals surface area contributed by atoms with Crippen LogP contribution in [0.5, 0.6) is 23.0 Å². The van der Waals surface area contributed by atoms with Gasteiger partial charge in [0.2, 0.25) is 0 Å². The Balaban J connectivity index is 1.71. The largest absolute Gasteiger partial charge is 0.504 e. The van der Waals surface area contributed by atoms with Crippen LogP contribution in [0.2, 0.25) is 0 Å². The average molecular weight is 601 g/mol. The van der Waals surface area contributed by atoms with Gasteiger partial charge in [-0.15, -0.1) is 0 Å². The quantitative estimate of drug-likeness (QED) is 0.125. The van der Waals surface area contributed by atoms with Crippen molar-refractivity contribution in [1.29, 1.82) is 0 Å². The van der Waals surface area contributed by atoms with E-state index in [1.54, 1.807) is 24.3 Å². The number of aromatic nitrogens is 4. The summed E-state index contributed by atoms with van der Waals surface area (Å²) in [7, 11) is 1.92. The predicted octanol–water partition coefficient (Wildman–Crippen LogP) is 8.81. The molecule has 0 amide bonds. The van der Waals surface area contributed by atoms with E-state index in [0.29, 0.717) is 53.5 Å². The summed E-state index contributed by atoms with van der Waals surface area (Å²) in [4.78, 5) is 14.3. The summed E-state index contributed by atoms with van der Waals surface area (Å²) in [5.74, 6) is 2.57. The first-order valence-corrected chi connectivity index (χ1v) is 16.2. The summed E-state index contributed by atoms with van der Waals surface area (Å²) >= 11 is 0. The van der Waals surface area contributed by atoms with Crippen LogP contribution in [0.1, 0.15) is 79.1 Å². The lowest BCUT2D eigenvalue weighted by Gasteiger charge is -2.18. The molecule has 0 saturated carbocycles. The average Bonchev–Trinajstić information content (AvgIpc) is 3.48. The van der Waals surface area contributed by atoms with Crippen molar-refractivity contribution in [2.24, 2.45) is 18.9 Å². The number of rotatable bonds is 17. The molecule has 0 spiro atoms. The lowest BCUT2D eigenvalue weighted by Crippen LogP contribution is -2.11. The van der Waals surface area contributed by atoms with Crippen molar-refractivity contribution in [3.63, 3.8) is 0 Å². The monoisotopic (exact) mass is 600 g/mol. The lowest BCUT2D eigenvalue weighted by atomic mass is 10.0. The zero-order valence-electron chi connectivity index (χ0n) is 26.9. The first-order valence-electron chi connectivity index (χ1n) is 16.2. The zero-order valence-corrected chi connectivity index (χ0v) is 26.9. The Morgan fingerprint density at radius 3 is 1.55 bits per heavy atom. The Kier molecular flexibility index (Phi) is 12.0. The van der Waals surface area contributed by atoms with Gasteiger partial charge in [0, 0.05) is 13.2 Å². The zero-order chi connectivity index (χ0) is 31.5. The van der Waals surface area contributed by atoms with Crippen LogP contribution in [-0.4, -0.2) is 42.9 Å². The third-order valence-corrected chi connectivity index (χ3v) is 8.32. The number of phenolic OH excluding ortho intramolecular Hbond substituents is 2. The summed E-state index contributed by atoms with van der Waals surface area (Å²) in [6.07, 6.45) is 10.7. The molecule has 8 nitrogen and oxygen atoms in total. The molecule has 2 unspecified atom stereocenters. The van der Waals surface area contributed by atoms with Gasteiger partial charge in [-0.2, -0.15) is 0 Å². The van der Waals surface area contributed by atoms with E-state index in [1.165, 1.54) is 0 Å². The van der Waals surface area contributed by atoms with Gasteiger partial charge in [0.25, 0.3) is 0 Å². The van der Waals surface area contributed by atoms with Crippen LogP contribution in [0.4, 0.5) is 0 Å². The Morgan fingerprint density at radius 1 is 0.659 bits per heavy atom. The Hall–Kier alpha value is -4.07. The fourth-order valence-electron chi connectivity index (χ4n) is 5.27. The second-order valence-corrected chi connectivity index (χ2v) is 11.6. The van der Waals surface area contributed by atoms with Gasteiger partial charge in [-0.25, -0.2) is 15.0 Å². The molecule has 2 heterocycles. The Morgan fingerprint density at radius 2 is 1.14 bits per heavy atom. The van der Waals surface area contributed by atoms with Crippen LogP contribution in [0, 0.1) is 11.8 Å². The number of aromatic hydroxyl groups is 2. The summed E-state index contributed by atoms with van der Waals surface area (Å²) in [5, 5.41) is 22.7. The molecule has 0 radical (unpaired) electrons. The van der Waals surface area contributed by atoms with Crippen molar-refractivity contribution < 1.29 is 19.7 Å². The van der Waals surface area contributed by atoms with Crippen molar-refractivity contribution in [1.82, 2.24) is 19.5 Å². The summed E-state index contributed by atoms with van der Waals surface area (Å²) in [6, 6.07) is 14.6. The van der Waals surface area contributed by atoms with E-state index in [2.05, 4.69) is 27.7 Å². The maximum absolute atomic E-state index is 11.3. The van der Waals surface area contributed by atoms with E-state index >= 15 is 0 Å². The summed E-state index contributed by atoms with van der Waals surface area (Å²) in [6.45, 7) is 9.78. The minimum absolute atomic E-state index is 0.0215.